The Morgan fingerprint density at radius 3 is 2.59 bits per heavy atom. The van der Waals surface area contributed by atoms with Gasteiger partial charge in [0.1, 0.15) is 5.82 Å². The largest absolute Gasteiger partial charge is 0.346 e. The van der Waals surface area contributed by atoms with Crippen LogP contribution in [0.5, 0.6) is 0 Å². The summed E-state index contributed by atoms with van der Waals surface area (Å²) < 4.78 is 13.3. The number of amides is 1. The van der Waals surface area contributed by atoms with E-state index in [1.54, 1.807) is 13.0 Å². The summed E-state index contributed by atoms with van der Waals surface area (Å²) in [5.74, 6) is -0.429. The van der Waals surface area contributed by atoms with E-state index in [9.17, 15) is 14.0 Å². The lowest BCUT2D eigenvalue weighted by molar-refractivity contribution is -0.130. The molecular weight excluding hydrogens is 281 g/mol. The smallest absolute Gasteiger partial charge is 0.224 e. The molecule has 120 valence electrons. The molecule has 1 aromatic carbocycles. The van der Waals surface area contributed by atoms with Crippen molar-refractivity contribution in [3.63, 3.8) is 0 Å². The van der Waals surface area contributed by atoms with Crippen LogP contribution in [0.25, 0.3) is 0 Å². The van der Waals surface area contributed by atoms with Gasteiger partial charge in [-0.2, -0.15) is 0 Å². The molecule has 1 aromatic rings. The minimum Gasteiger partial charge on any atom is -0.346 e. The summed E-state index contributed by atoms with van der Waals surface area (Å²) >= 11 is 0. The molecular formula is C18H24FNO2. The topological polar surface area (TPSA) is 46.2 Å². The van der Waals surface area contributed by atoms with E-state index in [1.807, 2.05) is 26.8 Å². The third kappa shape index (κ3) is 3.73. The van der Waals surface area contributed by atoms with Gasteiger partial charge < -0.3 is 5.32 Å². The lowest BCUT2D eigenvalue weighted by Crippen LogP contribution is -2.49. The van der Waals surface area contributed by atoms with Gasteiger partial charge >= 0.3 is 0 Å². The van der Waals surface area contributed by atoms with Gasteiger partial charge in [0.25, 0.3) is 0 Å². The second-order valence-electron chi connectivity index (χ2n) is 7.13. The van der Waals surface area contributed by atoms with Crippen LogP contribution in [0.2, 0.25) is 0 Å². The number of nitrogens with one attached hydrogen (secondary N) is 1. The lowest BCUT2D eigenvalue weighted by Gasteiger charge is -2.30. The molecule has 0 aromatic heterocycles. The Balaban J connectivity index is 2.03. The molecule has 1 fully saturated rings. The fraction of sp³-hybridized carbons (Fsp3) is 0.556. The van der Waals surface area contributed by atoms with Gasteiger partial charge in [0, 0.05) is 12.3 Å². The average Bonchev–Trinajstić information content (AvgIpc) is 3.23. The zero-order valence-corrected chi connectivity index (χ0v) is 13.7. The Kier molecular flexibility index (Phi) is 4.69. The number of rotatable bonds is 5. The Morgan fingerprint density at radius 1 is 1.36 bits per heavy atom. The first kappa shape index (κ1) is 16.7. The summed E-state index contributed by atoms with van der Waals surface area (Å²) in [6, 6.07) is 5.92. The van der Waals surface area contributed by atoms with Crippen molar-refractivity contribution >= 4 is 11.7 Å². The van der Waals surface area contributed by atoms with Gasteiger partial charge in [-0.25, -0.2) is 4.39 Å². The predicted octanol–water partition coefficient (Wildman–Crippen LogP) is 3.44. The Labute approximate surface area is 131 Å². The van der Waals surface area contributed by atoms with Gasteiger partial charge in [-0.05, 0) is 35.4 Å². The highest BCUT2D eigenvalue weighted by molar-refractivity contribution is 5.91. The standard InChI is InChI=1S/C18H24FNO2/c1-5-15(21)16(18(2,3)4)20-17(22)14-10-13(14)11-7-6-8-12(19)9-11/h6-9,13-14,16H,5,10H2,1-4H3,(H,20,22)/t13-,14+,16?/m0/s1. The summed E-state index contributed by atoms with van der Waals surface area (Å²) in [4.78, 5) is 24.5. The van der Waals surface area contributed by atoms with E-state index in [4.69, 9.17) is 0 Å². The van der Waals surface area contributed by atoms with E-state index in [2.05, 4.69) is 5.32 Å². The fourth-order valence-corrected chi connectivity index (χ4v) is 2.82. The van der Waals surface area contributed by atoms with Gasteiger partial charge in [0.05, 0.1) is 6.04 Å². The van der Waals surface area contributed by atoms with Gasteiger partial charge in [-0.3, -0.25) is 9.59 Å². The zero-order chi connectivity index (χ0) is 16.5. The molecule has 1 saturated carbocycles. The Morgan fingerprint density at radius 2 is 2.05 bits per heavy atom. The molecule has 1 aliphatic carbocycles. The van der Waals surface area contributed by atoms with Gasteiger partial charge in [0.15, 0.2) is 5.78 Å². The lowest BCUT2D eigenvalue weighted by atomic mass is 9.83. The second kappa shape index (κ2) is 6.19. The van der Waals surface area contributed by atoms with Gasteiger partial charge in [-0.15, -0.1) is 0 Å². The second-order valence-corrected chi connectivity index (χ2v) is 7.13. The zero-order valence-electron chi connectivity index (χ0n) is 13.7. The van der Waals surface area contributed by atoms with Crippen molar-refractivity contribution in [1.82, 2.24) is 5.32 Å². The molecule has 1 N–H and O–H groups in total. The highest BCUT2D eigenvalue weighted by Crippen LogP contribution is 2.47. The molecule has 3 nitrogen and oxygen atoms in total. The normalized spacial score (nSPS) is 22.0. The molecule has 2 rings (SSSR count). The Bertz CT molecular complexity index is 577. The van der Waals surface area contributed by atoms with E-state index >= 15 is 0 Å². The maximum Gasteiger partial charge on any atom is 0.224 e. The molecule has 4 heteroatoms. The van der Waals surface area contributed by atoms with E-state index in [0.717, 1.165) is 5.56 Å². The molecule has 1 amide bonds. The van der Waals surface area contributed by atoms with Crippen LogP contribution in [0.15, 0.2) is 24.3 Å². The molecule has 0 saturated heterocycles. The van der Waals surface area contributed by atoms with Crippen LogP contribution in [0.3, 0.4) is 0 Å². The van der Waals surface area contributed by atoms with Crippen molar-refractivity contribution < 1.29 is 14.0 Å². The van der Waals surface area contributed by atoms with Gasteiger partial charge in [-0.1, -0.05) is 39.8 Å². The molecule has 3 atom stereocenters. The number of halogens is 1. The van der Waals surface area contributed by atoms with E-state index in [0.29, 0.717) is 12.8 Å². The molecule has 0 spiro atoms. The van der Waals surface area contributed by atoms with Crippen LogP contribution in [0, 0.1) is 17.2 Å². The van der Waals surface area contributed by atoms with Crippen LogP contribution in [-0.4, -0.2) is 17.7 Å². The number of benzene rings is 1. The molecule has 0 aliphatic heterocycles. The first-order valence-corrected chi connectivity index (χ1v) is 7.82. The van der Waals surface area contributed by atoms with E-state index < -0.39 is 6.04 Å². The average molecular weight is 305 g/mol. The maximum atomic E-state index is 13.3. The summed E-state index contributed by atoms with van der Waals surface area (Å²) in [5, 5.41) is 2.90. The minimum absolute atomic E-state index is 0.0452. The first-order chi connectivity index (χ1) is 10.2. The minimum atomic E-state index is -0.473. The maximum absolute atomic E-state index is 13.3. The van der Waals surface area contributed by atoms with Crippen LogP contribution in [0.1, 0.15) is 52.0 Å². The van der Waals surface area contributed by atoms with Crippen molar-refractivity contribution in [2.75, 3.05) is 0 Å². The monoisotopic (exact) mass is 305 g/mol. The first-order valence-electron chi connectivity index (χ1n) is 7.82. The highest BCUT2D eigenvalue weighted by Gasteiger charge is 2.45. The predicted molar refractivity (Wildman–Crippen MR) is 83.9 cm³/mol. The SMILES string of the molecule is CCC(=O)C(NC(=O)[C@@H]1C[C@H]1c1cccc(F)c1)C(C)(C)C. The van der Waals surface area contributed by atoms with Crippen molar-refractivity contribution in [2.45, 2.75) is 52.5 Å². The quantitative estimate of drug-likeness (QED) is 0.906. The molecule has 0 heterocycles. The molecule has 1 unspecified atom stereocenters. The summed E-state index contributed by atoms with van der Waals surface area (Å²) in [6.45, 7) is 7.65. The number of ketones is 1. The summed E-state index contributed by atoms with van der Waals surface area (Å²) in [5.41, 5.74) is 0.542. The number of hydrogen-bond acceptors (Lipinski definition) is 2. The van der Waals surface area contributed by atoms with Crippen molar-refractivity contribution in [1.29, 1.82) is 0 Å². The summed E-state index contributed by atoms with van der Waals surface area (Å²) in [6.07, 6.45) is 1.12. The van der Waals surface area contributed by atoms with E-state index in [1.165, 1.54) is 12.1 Å². The van der Waals surface area contributed by atoms with Crippen LogP contribution in [-0.2, 0) is 9.59 Å². The summed E-state index contributed by atoms with van der Waals surface area (Å²) in [7, 11) is 0. The molecule has 0 radical (unpaired) electrons. The van der Waals surface area contributed by atoms with E-state index in [-0.39, 0.29) is 34.8 Å². The van der Waals surface area contributed by atoms with Gasteiger partial charge in [0.2, 0.25) is 5.91 Å². The van der Waals surface area contributed by atoms with Crippen molar-refractivity contribution in [2.24, 2.45) is 11.3 Å². The molecule has 0 bridgehead atoms. The number of hydrogen-bond donors (Lipinski definition) is 1. The molecule has 22 heavy (non-hydrogen) atoms. The third-order valence-electron chi connectivity index (χ3n) is 4.23. The Hall–Kier alpha value is -1.71. The van der Waals surface area contributed by atoms with Crippen LogP contribution < -0.4 is 5.32 Å². The highest BCUT2D eigenvalue weighted by atomic mass is 19.1. The van der Waals surface area contributed by atoms with Crippen molar-refractivity contribution in [3.8, 4) is 0 Å². The number of Topliss-reactive ketones (excluding diaryl/α,β-unsaturated/α-hetero) is 1. The van der Waals surface area contributed by atoms with Crippen molar-refractivity contribution in [3.05, 3.63) is 35.6 Å². The molecule has 1 aliphatic rings. The fourth-order valence-electron chi connectivity index (χ4n) is 2.82. The van der Waals surface area contributed by atoms with Crippen LogP contribution >= 0.6 is 0 Å². The number of carbonyl (C=O) groups is 2. The van der Waals surface area contributed by atoms with Crippen LogP contribution in [0.4, 0.5) is 4.39 Å². The number of carbonyl (C=O) groups excluding carboxylic acids is 2. The third-order valence-corrected chi connectivity index (χ3v) is 4.23.